The summed E-state index contributed by atoms with van der Waals surface area (Å²) in [6.07, 6.45) is 3.10. The lowest BCUT2D eigenvalue weighted by Gasteiger charge is -2.05. The van der Waals surface area contributed by atoms with Gasteiger partial charge in [-0.1, -0.05) is 17.8 Å². The first-order chi connectivity index (χ1) is 8.29. The molecule has 17 heavy (non-hydrogen) atoms. The molecule has 88 valence electrons. The van der Waals surface area contributed by atoms with Gasteiger partial charge in [-0.2, -0.15) is 0 Å². The predicted molar refractivity (Wildman–Crippen MR) is 65.3 cm³/mol. The molecule has 1 heterocycles. The molecule has 0 bridgehead atoms. The molecule has 1 aromatic heterocycles. The molecule has 0 saturated heterocycles. The third-order valence-electron chi connectivity index (χ3n) is 2.15. The summed E-state index contributed by atoms with van der Waals surface area (Å²) in [5.41, 5.74) is 0.928. The topological polar surface area (TPSA) is 37.8 Å². The zero-order valence-corrected chi connectivity index (χ0v) is 10.2. The van der Waals surface area contributed by atoms with Gasteiger partial charge in [0.1, 0.15) is 17.2 Å². The van der Waals surface area contributed by atoms with E-state index in [4.69, 9.17) is 0 Å². The van der Waals surface area contributed by atoms with Crippen molar-refractivity contribution in [3.63, 3.8) is 0 Å². The van der Waals surface area contributed by atoms with Crippen molar-refractivity contribution < 1.29 is 4.39 Å². The zero-order chi connectivity index (χ0) is 12.1. The Morgan fingerprint density at radius 1 is 1.35 bits per heavy atom. The fourth-order valence-electron chi connectivity index (χ4n) is 1.39. The Kier molecular flexibility index (Phi) is 4.06. The first-order valence-corrected chi connectivity index (χ1v) is 5.98. The quantitative estimate of drug-likeness (QED) is 0.845. The van der Waals surface area contributed by atoms with E-state index >= 15 is 0 Å². The number of nitrogens with one attached hydrogen (secondary N) is 1. The summed E-state index contributed by atoms with van der Waals surface area (Å²) in [7, 11) is 1.83. The molecule has 0 unspecified atom stereocenters. The van der Waals surface area contributed by atoms with Gasteiger partial charge >= 0.3 is 0 Å². The van der Waals surface area contributed by atoms with Crippen molar-refractivity contribution in [3.05, 3.63) is 48.2 Å². The van der Waals surface area contributed by atoms with Gasteiger partial charge in [-0.25, -0.2) is 14.4 Å². The number of hydrogen-bond acceptors (Lipinski definition) is 4. The van der Waals surface area contributed by atoms with Crippen LogP contribution in [0.5, 0.6) is 0 Å². The maximum absolute atomic E-state index is 13.8. The second kappa shape index (κ2) is 5.75. The average Bonchev–Trinajstić information content (AvgIpc) is 2.34. The Balaban J connectivity index is 2.17. The summed E-state index contributed by atoms with van der Waals surface area (Å²) >= 11 is 1.29. The molecular weight excluding hydrogens is 237 g/mol. The number of aromatic nitrogens is 2. The maximum Gasteiger partial charge on any atom is 0.137 e. The molecule has 0 aliphatic rings. The molecule has 0 radical (unpaired) electrons. The van der Waals surface area contributed by atoms with E-state index in [0.717, 1.165) is 10.6 Å². The highest BCUT2D eigenvalue weighted by Gasteiger charge is 2.06. The van der Waals surface area contributed by atoms with E-state index in [1.807, 2.05) is 13.1 Å². The van der Waals surface area contributed by atoms with Crippen LogP contribution in [-0.2, 0) is 6.54 Å². The van der Waals surface area contributed by atoms with E-state index < -0.39 is 0 Å². The number of hydrogen-bond donors (Lipinski definition) is 1. The number of nitrogens with zero attached hydrogens (tertiary/aromatic N) is 2. The van der Waals surface area contributed by atoms with Crippen molar-refractivity contribution in [2.24, 2.45) is 0 Å². The summed E-state index contributed by atoms with van der Waals surface area (Å²) in [5, 5.41) is 3.72. The fraction of sp³-hybridized carbons (Fsp3) is 0.167. The van der Waals surface area contributed by atoms with E-state index in [0.29, 0.717) is 11.4 Å². The summed E-state index contributed by atoms with van der Waals surface area (Å²) in [6.45, 7) is 0.662. The first kappa shape index (κ1) is 12.0. The lowest BCUT2D eigenvalue weighted by atomic mass is 10.2. The van der Waals surface area contributed by atoms with Crippen molar-refractivity contribution in [1.82, 2.24) is 15.3 Å². The minimum atomic E-state index is -0.221. The van der Waals surface area contributed by atoms with Crippen molar-refractivity contribution in [3.8, 4) is 0 Å². The molecule has 0 fully saturated rings. The monoisotopic (exact) mass is 249 g/mol. The predicted octanol–water partition coefficient (Wildman–Crippen LogP) is 2.49. The molecule has 2 aromatic rings. The molecule has 2 rings (SSSR count). The summed E-state index contributed by atoms with van der Waals surface area (Å²) in [4.78, 5) is 8.44. The van der Waals surface area contributed by atoms with E-state index in [1.165, 1.54) is 18.1 Å². The Morgan fingerprint density at radius 2 is 2.24 bits per heavy atom. The lowest BCUT2D eigenvalue weighted by molar-refractivity contribution is 0.598. The van der Waals surface area contributed by atoms with E-state index in [-0.39, 0.29) is 5.82 Å². The molecule has 1 aromatic carbocycles. The summed E-state index contributed by atoms with van der Waals surface area (Å²) in [5.74, 6) is -0.221. The van der Waals surface area contributed by atoms with Gasteiger partial charge in [0, 0.05) is 17.6 Å². The molecule has 0 saturated carbocycles. The van der Waals surface area contributed by atoms with Crippen LogP contribution in [0.2, 0.25) is 0 Å². The molecule has 0 aliphatic carbocycles. The molecule has 1 N–H and O–H groups in total. The Bertz CT molecular complexity index is 490. The van der Waals surface area contributed by atoms with Crippen molar-refractivity contribution in [2.75, 3.05) is 7.05 Å². The number of rotatable bonds is 4. The molecule has 5 heteroatoms. The van der Waals surface area contributed by atoms with Crippen LogP contribution in [0.3, 0.4) is 0 Å². The van der Waals surface area contributed by atoms with Crippen molar-refractivity contribution in [1.29, 1.82) is 0 Å². The minimum Gasteiger partial charge on any atom is -0.316 e. The molecule has 0 amide bonds. The second-order valence-corrected chi connectivity index (χ2v) is 4.51. The van der Waals surface area contributed by atoms with Gasteiger partial charge in [0.2, 0.25) is 0 Å². The Labute approximate surface area is 103 Å². The SMILES string of the molecule is CNCc1ccc(Sc2ccncn2)c(F)c1. The van der Waals surface area contributed by atoms with Crippen LogP contribution in [0.4, 0.5) is 4.39 Å². The van der Waals surface area contributed by atoms with Crippen molar-refractivity contribution in [2.45, 2.75) is 16.5 Å². The van der Waals surface area contributed by atoms with Crippen LogP contribution < -0.4 is 5.32 Å². The normalized spacial score (nSPS) is 10.5. The fourth-order valence-corrected chi connectivity index (χ4v) is 2.14. The number of benzene rings is 1. The Morgan fingerprint density at radius 3 is 2.88 bits per heavy atom. The van der Waals surface area contributed by atoms with Crippen LogP contribution in [0.1, 0.15) is 5.56 Å². The van der Waals surface area contributed by atoms with Crippen LogP contribution in [0, 0.1) is 5.82 Å². The molecule has 0 atom stereocenters. The van der Waals surface area contributed by atoms with Gasteiger partial charge in [0.25, 0.3) is 0 Å². The van der Waals surface area contributed by atoms with Crippen LogP contribution >= 0.6 is 11.8 Å². The molecular formula is C12H12FN3S. The molecule has 0 aliphatic heterocycles. The van der Waals surface area contributed by atoms with Gasteiger partial charge in [-0.05, 0) is 30.8 Å². The van der Waals surface area contributed by atoms with Gasteiger partial charge in [0.15, 0.2) is 0 Å². The minimum absolute atomic E-state index is 0.221. The van der Waals surface area contributed by atoms with Crippen LogP contribution in [-0.4, -0.2) is 17.0 Å². The van der Waals surface area contributed by atoms with Gasteiger partial charge in [-0.3, -0.25) is 0 Å². The van der Waals surface area contributed by atoms with Gasteiger partial charge in [0.05, 0.1) is 0 Å². The van der Waals surface area contributed by atoms with Gasteiger partial charge in [-0.15, -0.1) is 0 Å². The number of halogens is 1. The standard InChI is InChI=1S/C12H12FN3S/c1-14-7-9-2-3-11(10(13)6-9)17-12-4-5-15-8-16-12/h2-6,8,14H,7H2,1H3. The summed E-state index contributed by atoms with van der Waals surface area (Å²) < 4.78 is 13.8. The van der Waals surface area contributed by atoms with E-state index in [2.05, 4.69) is 15.3 Å². The Hall–Kier alpha value is -1.46. The van der Waals surface area contributed by atoms with E-state index in [9.17, 15) is 4.39 Å². The first-order valence-electron chi connectivity index (χ1n) is 5.16. The third kappa shape index (κ3) is 3.25. The zero-order valence-electron chi connectivity index (χ0n) is 9.35. The lowest BCUT2D eigenvalue weighted by Crippen LogP contribution is -2.05. The molecule has 3 nitrogen and oxygen atoms in total. The highest BCUT2D eigenvalue weighted by Crippen LogP contribution is 2.28. The van der Waals surface area contributed by atoms with Gasteiger partial charge < -0.3 is 5.32 Å². The summed E-state index contributed by atoms with van der Waals surface area (Å²) in [6, 6.07) is 6.98. The second-order valence-electron chi connectivity index (χ2n) is 3.44. The molecule has 0 spiro atoms. The average molecular weight is 249 g/mol. The van der Waals surface area contributed by atoms with Crippen LogP contribution in [0.15, 0.2) is 46.7 Å². The largest absolute Gasteiger partial charge is 0.316 e. The highest BCUT2D eigenvalue weighted by molar-refractivity contribution is 7.99. The van der Waals surface area contributed by atoms with E-state index in [1.54, 1.807) is 24.4 Å². The smallest absolute Gasteiger partial charge is 0.137 e. The van der Waals surface area contributed by atoms with Crippen molar-refractivity contribution >= 4 is 11.8 Å². The third-order valence-corrected chi connectivity index (χ3v) is 3.15. The maximum atomic E-state index is 13.8. The van der Waals surface area contributed by atoms with Crippen LogP contribution in [0.25, 0.3) is 0 Å². The highest BCUT2D eigenvalue weighted by atomic mass is 32.2.